The van der Waals surface area contributed by atoms with Gasteiger partial charge in [0, 0.05) is 11.6 Å². The lowest BCUT2D eigenvalue weighted by Gasteiger charge is -2.18. The third kappa shape index (κ3) is 3.62. The quantitative estimate of drug-likeness (QED) is 0.687. The Bertz CT molecular complexity index is 583. The zero-order valence-corrected chi connectivity index (χ0v) is 11.8. The summed E-state index contributed by atoms with van der Waals surface area (Å²) in [5.74, 6) is 1.13. The molecule has 0 aromatic carbocycles. The van der Waals surface area contributed by atoms with Crippen LogP contribution in [0.3, 0.4) is 0 Å². The summed E-state index contributed by atoms with van der Waals surface area (Å²) in [7, 11) is 0. The number of thiophene rings is 1. The van der Waals surface area contributed by atoms with Crippen molar-refractivity contribution in [1.82, 2.24) is 10.3 Å². The van der Waals surface area contributed by atoms with Gasteiger partial charge in [-0.25, -0.2) is 4.98 Å². The zero-order chi connectivity index (χ0) is 14.0. The molecular weight excluding hydrogens is 266 g/mol. The smallest absolute Gasteiger partial charge is 0.324 e. The van der Waals surface area contributed by atoms with Gasteiger partial charge in [0.2, 0.25) is 5.89 Å². The second-order valence-electron chi connectivity index (χ2n) is 5.12. The molecule has 102 valence electrons. The van der Waals surface area contributed by atoms with E-state index in [0.29, 0.717) is 23.1 Å². The Labute approximate surface area is 114 Å². The maximum absolute atomic E-state index is 10.6. The molecule has 0 aliphatic carbocycles. The molecule has 2 heterocycles. The van der Waals surface area contributed by atoms with E-state index in [2.05, 4.69) is 31.1 Å². The van der Waals surface area contributed by atoms with Gasteiger partial charge in [0.25, 0.3) is 0 Å². The fourth-order valence-corrected chi connectivity index (χ4v) is 2.17. The molecule has 0 fully saturated rings. The molecule has 0 amide bonds. The third-order valence-electron chi connectivity index (χ3n) is 2.34. The molecule has 2 aromatic heterocycles. The van der Waals surface area contributed by atoms with Gasteiger partial charge in [-0.2, -0.15) is 0 Å². The Balaban J connectivity index is 2.09. The van der Waals surface area contributed by atoms with Gasteiger partial charge in [-0.3, -0.25) is 10.1 Å². The van der Waals surface area contributed by atoms with Gasteiger partial charge in [-0.15, -0.1) is 0 Å². The largest absolute Gasteiger partial charge is 0.438 e. The number of hydrogen-bond acceptors (Lipinski definition) is 6. The van der Waals surface area contributed by atoms with Crippen LogP contribution in [0.5, 0.6) is 0 Å². The van der Waals surface area contributed by atoms with Crippen LogP contribution in [0.2, 0.25) is 0 Å². The van der Waals surface area contributed by atoms with Gasteiger partial charge in [0.05, 0.1) is 22.5 Å². The van der Waals surface area contributed by atoms with Crippen LogP contribution in [-0.4, -0.2) is 15.4 Å². The summed E-state index contributed by atoms with van der Waals surface area (Å²) in [5.41, 5.74) is -0.0175. The van der Waals surface area contributed by atoms with E-state index in [9.17, 15) is 10.1 Å². The van der Waals surface area contributed by atoms with Crippen LogP contribution in [0.1, 0.15) is 26.7 Å². The first kappa shape index (κ1) is 13.7. The normalized spacial score (nSPS) is 11.7. The van der Waals surface area contributed by atoms with Gasteiger partial charge in [-0.1, -0.05) is 11.3 Å². The highest BCUT2D eigenvalue weighted by atomic mass is 32.1. The van der Waals surface area contributed by atoms with Crippen molar-refractivity contribution in [3.05, 3.63) is 34.3 Å². The Morgan fingerprint density at radius 2 is 2.21 bits per heavy atom. The lowest BCUT2D eigenvalue weighted by atomic mass is 10.1. The highest BCUT2D eigenvalue weighted by Crippen LogP contribution is 2.32. The van der Waals surface area contributed by atoms with Crippen molar-refractivity contribution >= 4 is 16.3 Å². The molecule has 7 heteroatoms. The summed E-state index contributed by atoms with van der Waals surface area (Å²) in [4.78, 5) is 15.1. The first-order valence-electron chi connectivity index (χ1n) is 5.79. The van der Waals surface area contributed by atoms with Crippen molar-refractivity contribution in [3.63, 3.8) is 0 Å². The molecule has 2 aromatic rings. The first-order chi connectivity index (χ1) is 8.85. The molecule has 0 saturated carbocycles. The minimum atomic E-state index is -0.410. The average Bonchev–Trinajstić information content (AvgIpc) is 2.94. The van der Waals surface area contributed by atoms with Crippen molar-refractivity contribution in [3.8, 4) is 10.6 Å². The first-order valence-corrected chi connectivity index (χ1v) is 6.61. The summed E-state index contributed by atoms with van der Waals surface area (Å²) >= 11 is 1.08. The maximum atomic E-state index is 10.6. The minimum absolute atomic E-state index is 0.0175. The summed E-state index contributed by atoms with van der Waals surface area (Å²) < 4.78 is 5.57. The Kier molecular flexibility index (Phi) is 3.68. The van der Waals surface area contributed by atoms with Gasteiger partial charge < -0.3 is 9.73 Å². The fourth-order valence-electron chi connectivity index (χ4n) is 1.40. The molecule has 0 aliphatic rings. The highest BCUT2D eigenvalue weighted by molar-refractivity contribution is 7.18. The lowest BCUT2D eigenvalue weighted by Crippen LogP contribution is -2.35. The van der Waals surface area contributed by atoms with E-state index in [0.717, 1.165) is 11.3 Å². The van der Waals surface area contributed by atoms with Crippen molar-refractivity contribution < 1.29 is 9.34 Å². The second kappa shape index (κ2) is 5.10. The van der Waals surface area contributed by atoms with E-state index in [-0.39, 0.29) is 10.5 Å². The van der Waals surface area contributed by atoms with E-state index in [1.807, 2.05) is 0 Å². The topological polar surface area (TPSA) is 81.2 Å². The SMILES string of the molecule is CC(C)(C)NCc1ncc(-c2ccc([N+](=O)[O-])s2)o1. The molecule has 2 rings (SSSR count). The average molecular weight is 281 g/mol. The van der Waals surface area contributed by atoms with Gasteiger partial charge >= 0.3 is 5.00 Å². The van der Waals surface area contributed by atoms with Crippen LogP contribution in [0.15, 0.2) is 22.7 Å². The molecule has 6 nitrogen and oxygen atoms in total. The molecule has 0 spiro atoms. The number of nitro groups is 1. The molecule has 0 radical (unpaired) electrons. The Morgan fingerprint density at radius 3 is 2.79 bits per heavy atom. The predicted molar refractivity (Wildman–Crippen MR) is 73.1 cm³/mol. The number of rotatable bonds is 4. The minimum Gasteiger partial charge on any atom is -0.438 e. The molecule has 0 aliphatic heterocycles. The van der Waals surface area contributed by atoms with Crippen molar-refractivity contribution in [2.75, 3.05) is 0 Å². The Morgan fingerprint density at radius 1 is 1.47 bits per heavy atom. The molecule has 0 saturated heterocycles. The second-order valence-corrected chi connectivity index (χ2v) is 6.18. The molecule has 0 atom stereocenters. The number of aromatic nitrogens is 1. The standard InChI is InChI=1S/C12H15N3O3S/c1-12(2,3)14-7-10-13-6-8(18-10)9-4-5-11(19-9)15(16)17/h4-6,14H,7H2,1-3H3. The highest BCUT2D eigenvalue weighted by Gasteiger charge is 2.15. The number of nitrogens with one attached hydrogen (secondary N) is 1. The Hall–Kier alpha value is -1.73. The molecule has 19 heavy (non-hydrogen) atoms. The number of nitrogens with zero attached hydrogens (tertiary/aromatic N) is 2. The van der Waals surface area contributed by atoms with Crippen LogP contribution < -0.4 is 5.32 Å². The molecule has 0 bridgehead atoms. The van der Waals surface area contributed by atoms with E-state index in [1.54, 1.807) is 12.3 Å². The van der Waals surface area contributed by atoms with E-state index in [4.69, 9.17) is 4.42 Å². The predicted octanol–water partition coefficient (Wildman–Crippen LogP) is 3.20. The lowest BCUT2D eigenvalue weighted by molar-refractivity contribution is -0.380. The summed E-state index contributed by atoms with van der Waals surface area (Å²) in [6, 6.07) is 3.14. The van der Waals surface area contributed by atoms with Gasteiger partial charge in [0.1, 0.15) is 0 Å². The zero-order valence-electron chi connectivity index (χ0n) is 11.0. The van der Waals surface area contributed by atoms with Gasteiger partial charge in [0.15, 0.2) is 5.76 Å². The van der Waals surface area contributed by atoms with Crippen LogP contribution in [0, 0.1) is 10.1 Å². The van der Waals surface area contributed by atoms with Crippen molar-refractivity contribution in [2.45, 2.75) is 32.9 Å². The van der Waals surface area contributed by atoms with Crippen molar-refractivity contribution in [2.24, 2.45) is 0 Å². The van der Waals surface area contributed by atoms with E-state index < -0.39 is 4.92 Å². The maximum Gasteiger partial charge on any atom is 0.324 e. The monoisotopic (exact) mass is 281 g/mol. The number of oxazole rings is 1. The van der Waals surface area contributed by atoms with E-state index >= 15 is 0 Å². The summed E-state index contributed by atoms with van der Waals surface area (Å²) in [6.45, 7) is 6.69. The summed E-state index contributed by atoms with van der Waals surface area (Å²) in [5, 5.41) is 14.0. The van der Waals surface area contributed by atoms with Gasteiger partial charge in [-0.05, 0) is 26.8 Å². The van der Waals surface area contributed by atoms with Crippen LogP contribution >= 0.6 is 11.3 Å². The fraction of sp³-hybridized carbons (Fsp3) is 0.417. The summed E-state index contributed by atoms with van der Waals surface area (Å²) in [6.07, 6.45) is 1.59. The molecule has 0 unspecified atom stereocenters. The molecular formula is C12H15N3O3S. The van der Waals surface area contributed by atoms with E-state index in [1.165, 1.54) is 6.07 Å². The van der Waals surface area contributed by atoms with Crippen LogP contribution in [-0.2, 0) is 6.54 Å². The molecule has 1 N–H and O–H groups in total. The van der Waals surface area contributed by atoms with Crippen LogP contribution in [0.25, 0.3) is 10.6 Å². The third-order valence-corrected chi connectivity index (χ3v) is 3.39. The van der Waals surface area contributed by atoms with Crippen molar-refractivity contribution in [1.29, 1.82) is 0 Å². The van der Waals surface area contributed by atoms with Crippen LogP contribution in [0.4, 0.5) is 5.00 Å². The number of hydrogen-bond donors (Lipinski definition) is 1.